The van der Waals surface area contributed by atoms with Crippen LogP contribution in [0.1, 0.15) is 27.3 Å². The minimum absolute atomic E-state index is 0.166. The first kappa shape index (κ1) is 19.1. The van der Waals surface area contributed by atoms with Crippen LogP contribution in [0.2, 0.25) is 0 Å². The lowest BCUT2D eigenvalue weighted by Crippen LogP contribution is -2.14. The third-order valence-electron chi connectivity index (χ3n) is 4.65. The Hall–Kier alpha value is -3.19. The molecule has 0 bridgehead atoms. The summed E-state index contributed by atoms with van der Waals surface area (Å²) in [6.45, 7) is 4.39. The molecule has 0 spiro atoms. The lowest BCUT2D eigenvalue weighted by atomic mass is 10.1. The second-order valence-corrected chi connectivity index (χ2v) is 7.72. The zero-order valence-corrected chi connectivity index (χ0v) is 17.7. The maximum atomic E-state index is 13.0. The number of nitrogens with zero attached hydrogens (tertiary/aromatic N) is 4. The summed E-state index contributed by atoms with van der Waals surface area (Å²) in [6.07, 6.45) is 3.66. The zero-order chi connectivity index (χ0) is 20.4. The lowest BCUT2D eigenvalue weighted by Gasteiger charge is -2.09. The molecule has 29 heavy (non-hydrogen) atoms. The molecular formula is C22H20BrN5O. The number of anilines is 1. The van der Waals surface area contributed by atoms with Gasteiger partial charge < -0.3 is 5.32 Å². The highest BCUT2D eigenvalue weighted by atomic mass is 79.9. The predicted octanol–water partition coefficient (Wildman–Crippen LogP) is 4.75. The number of carbonyl (C=O) groups excluding carboxylic acids is 1. The van der Waals surface area contributed by atoms with Crippen LogP contribution in [0.25, 0.3) is 5.69 Å². The van der Waals surface area contributed by atoms with Crippen molar-refractivity contribution in [3.05, 3.63) is 94.0 Å². The van der Waals surface area contributed by atoms with Gasteiger partial charge in [-0.3, -0.25) is 9.48 Å². The van der Waals surface area contributed by atoms with Crippen molar-refractivity contribution < 1.29 is 4.79 Å². The molecule has 146 valence electrons. The van der Waals surface area contributed by atoms with Crippen molar-refractivity contribution in [2.75, 3.05) is 5.32 Å². The van der Waals surface area contributed by atoms with Crippen LogP contribution in [0.5, 0.6) is 0 Å². The quantitative estimate of drug-likeness (QED) is 0.478. The third-order valence-corrected chi connectivity index (χ3v) is 5.06. The smallest absolute Gasteiger partial charge is 0.259 e. The molecule has 0 aliphatic rings. The number of rotatable bonds is 5. The fourth-order valence-corrected chi connectivity index (χ4v) is 3.67. The van der Waals surface area contributed by atoms with Gasteiger partial charge in [0.05, 0.1) is 39.9 Å². The Balaban J connectivity index is 1.56. The first-order valence-corrected chi connectivity index (χ1v) is 10.0. The summed E-state index contributed by atoms with van der Waals surface area (Å²) in [5, 5.41) is 11.8. The SMILES string of the molecule is Cc1nn(-c2ccccc2)c(C)c1C(=O)Nc1cccc(Cn2cc(Br)cn2)c1. The van der Waals surface area contributed by atoms with E-state index in [1.165, 1.54) is 0 Å². The van der Waals surface area contributed by atoms with E-state index in [1.807, 2.05) is 79.3 Å². The fraction of sp³-hybridized carbons (Fsp3) is 0.136. The van der Waals surface area contributed by atoms with Crippen LogP contribution in [-0.2, 0) is 6.54 Å². The van der Waals surface area contributed by atoms with E-state index >= 15 is 0 Å². The molecule has 0 aliphatic heterocycles. The maximum Gasteiger partial charge on any atom is 0.259 e. The highest BCUT2D eigenvalue weighted by molar-refractivity contribution is 9.10. The Morgan fingerprint density at radius 3 is 2.62 bits per heavy atom. The molecule has 1 amide bonds. The van der Waals surface area contributed by atoms with Crippen LogP contribution in [-0.4, -0.2) is 25.5 Å². The summed E-state index contributed by atoms with van der Waals surface area (Å²) in [6, 6.07) is 17.6. The molecule has 0 atom stereocenters. The lowest BCUT2D eigenvalue weighted by molar-refractivity contribution is 0.102. The molecule has 0 saturated carbocycles. The Labute approximate surface area is 177 Å². The van der Waals surface area contributed by atoms with Gasteiger partial charge in [0.1, 0.15) is 0 Å². The third kappa shape index (κ3) is 4.14. The van der Waals surface area contributed by atoms with E-state index < -0.39 is 0 Å². The largest absolute Gasteiger partial charge is 0.322 e. The van der Waals surface area contributed by atoms with Gasteiger partial charge in [-0.05, 0) is 59.6 Å². The van der Waals surface area contributed by atoms with E-state index in [2.05, 4.69) is 31.4 Å². The van der Waals surface area contributed by atoms with E-state index in [1.54, 1.807) is 10.9 Å². The van der Waals surface area contributed by atoms with Gasteiger partial charge in [0, 0.05) is 11.9 Å². The summed E-state index contributed by atoms with van der Waals surface area (Å²) in [4.78, 5) is 13.0. The van der Waals surface area contributed by atoms with Crippen molar-refractivity contribution in [1.29, 1.82) is 0 Å². The first-order chi connectivity index (χ1) is 14.0. The minimum atomic E-state index is -0.166. The average Bonchev–Trinajstić information content (AvgIpc) is 3.24. The second kappa shape index (κ2) is 8.05. The number of halogens is 1. The monoisotopic (exact) mass is 449 g/mol. The molecule has 2 heterocycles. The molecule has 2 aromatic heterocycles. The number of carbonyl (C=O) groups is 1. The average molecular weight is 450 g/mol. The molecule has 0 saturated heterocycles. The molecular weight excluding hydrogens is 430 g/mol. The van der Waals surface area contributed by atoms with Crippen LogP contribution < -0.4 is 5.32 Å². The normalized spacial score (nSPS) is 10.9. The Morgan fingerprint density at radius 1 is 1.10 bits per heavy atom. The van der Waals surface area contributed by atoms with Crippen molar-refractivity contribution in [1.82, 2.24) is 19.6 Å². The van der Waals surface area contributed by atoms with Crippen molar-refractivity contribution in [2.45, 2.75) is 20.4 Å². The highest BCUT2D eigenvalue weighted by Crippen LogP contribution is 2.20. The van der Waals surface area contributed by atoms with Gasteiger partial charge in [-0.1, -0.05) is 30.3 Å². The number of aromatic nitrogens is 4. The van der Waals surface area contributed by atoms with Gasteiger partial charge >= 0.3 is 0 Å². The Morgan fingerprint density at radius 2 is 1.90 bits per heavy atom. The number of nitrogens with one attached hydrogen (secondary N) is 1. The maximum absolute atomic E-state index is 13.0. The topological polar surface area (TPSA) is 64.7 Å². The van der Waals surface area contributed by atoms with E-state index in [9.17, 15) is 4.79 Å². The molecule has 0 radical (unpaired) electrons. The van der Waals surface area contributed by atoms with E-state index in [0.717, 1.165) is 27.1 Å². The van der Waals surface area contributed by atoms with Gasteiger partial charge in [-0.2, -0.15) is 10.2 Å². The van der Waals surface area contributed by atoms with Crippen LogP contribution in [0.4, 0.5) is 5.69 Å². The van der Waals surface area contributed by atoms with E-state index in [0.29, 0.717) is 17.8 Å². The first-order valence-electron chi connectivity index (χ1n) is 9.21. The summed E-state index contributed by atoms with van der Waals surface area (Å²) >= 11 is 3.40. The van der Waals surface area contributed by atoms with E-state index in [4.69, 9.17) is 0 Å². The highest BCUT2D eigenvalue weighted by Gasteiger charge is 2.19. The van der Waals surface area contributed by atoms with Gasteiger partial charge in [0.25, 0.3) is 5.91 Å². The number of aryl methyl sites for hydroxylation is 1. The predicted molar refractivity (Wildman–Crippen MR) is 116 cm³/mol. The second-order valence-electron chi connectivity index (χ2n) is 6.80. The number of amides is 1. The molecule has 7 heteroatoms. The van der Waals surface area contributed by atoms with Gasteiger partial charge in [-0.25, -0.2) is 4.68 Å². The van der Waals surface area contributed by atoms with Crippen LogP contribution in [0.3, 0.4) is 0 Å². The minimum Gasteiger partial charge on any atom is -0.322 e. The molecule has 0 unspecified atom stereocenters. The Kier molecular flexibility index (Phi) is 5.31. The standard InChI is InChI=1S/C22H20BrN5O/c1-15-21(16(2)28(26-15)20-9-4-3-5-10-20)22(29)25-19-8-6-7-17(11-19)13-27-14-18(23)12-24-27/h3-12,14H,13H2,1-2H3,(H,25,29). The molecule has 4 aromatic rings. The van der Waals surface area contributed by atoms with Crippen molar-refractivity contribution in [3.63, 3.8) is 0 Å². The van der Waals surface area contributed by atoms with Crippen LogP contribution in [0.15, 0.2) is 71.5 Å². The summed E-state index contributed by atoms with van der Waals surface area (Å²) in [5.74, 6) is -0.166. The number of para-hydroxylation sites is 1. The fourth-order valence-electron chi connectivity index (χ4n) is 3.34. The van der Waals surface area contributed by atoms with Crippen LogP contribution in [0, 0.1) is 13.8 Å². The van der Waals surface area contributed by atoms with Crippen LogP contribution >= 0.6 is 15.9 Å². The molecule has 1 N–H and O–H groups in total. The number of hydrogen-bond donors (Lipinski definition) is 1. The number of benzene rings is 2. The Bertz CT molecular complexity index is 1160. The van der Waals surface area contributed by atoms with Gasteiger partial charge in [0.15, 0.2) is 0 Å². The molecule has 2 aromatic carbocycles. The summed E-state index contributed by atoms with van der Waals surface area (Å²) in [7, 11) is 0. The van der Waals surface area contributed by atoms with Crippen molar-refractivity contribution in [2.24, 2.45) is 0 Å². The summed E-state index contributed by atoms with van der Waals surface area (Å²) in [5.41, 5.74) is 4.82. The number of hydrogen-bond acceptors (Lipinski definition) is 3. The van der Waals surface area contributed by atoms with Crippen molar-refractivity contribution in [3.8, 4) is 5.69 Å². The zero-order valence-electron chi connectivity index (χ0n) is 16.1. The van der Waals surface area contributed by atoms with Gasteiger partial charge in [0.2, 0.25) is 0 Å². The summed E-state index contributed by atoms with van der Waals surface area (Å²) < 4.78 is 4.57. The van der Waals surface area contributed by atoms with E-state index in [-0.39, 0.29) is 5.91 Å². The molecule has 4 rings (SSSR count). The van der Waals surface area contributed by atoms with Crippen molar-refractivity contribution >= 4 is 27.5 Å². The molecule has 0 aliphatic carbocycles. The van der Waals surface area contributed by atoms with Gasteiger partial charge in [-0.15, -0.1) is 0 Å². The molecule has 0 fully saturated rings. The molecule has 6 nitrogen and oxygen atoms in total.